The zero-order valence-corrected chi connectivity index (χ0v) is 21.4. The van der Waals surface area contributed by atoms with Crippen LogP contribution in [0.3, 0.4) is 0 Å². The van der Waals surface area contributed by atoms with Gasteiger partial charge in [0.1, 0.15) is 17.8 Å². The van der Waals surface area contributed by atoms with Crippen molar-refractivity contribution in [3.8, 4) is 0 Å². The fraction of sp³-hybridized carbons (Fsp3) is 0.233. The summed E-state index contributed by atoms with van der Waals surface area (Å²) in [7, 11) is 0. The van der Waals surface area contributed by atoms with E-state index in [2.05, 4.69) is 47.4 Å². The van der Waals surface area contributed by atoms with E-state index in [0.717, 1.165) is 33.8 Å². The molecule has 1 amide bonds. The number of carbonyl (C=O) groups excluding carboxylic acids is 1. The van der Waals surface area contributed by atoms with Crippen LogP contribution in [0.2, 0.25) is 0 Å². The lowest BCUT2D eigenvalue weighted by molar-refractivity contribution is -0.115. The monoisotopic (exact) mass is 495 g/mol. The van der Waals surface area contributed by atoms with Crippen molar-refractivity contribution >= 4 is 23.0 Å². The Morgan fingerprint density at radius 1 is 1.16 bits per heavy atom. The summed E-state index contributed by atoms with van der Waals surface area (Å²) in [5.41, 5.74) is 5.82. The number of pyridine rings is 2. The second-order valence-electron chi connectivity index (χ2n) is 10.4. The van der Waals surface area contributed by atoms with Crippen molar-refractivity contribution in [2.45, 2.75) is 45.7 Å². The highest BCUT2D eigenvalue weighted by Crippen LogP contribution is 2.32. The van der Waals surface area contributed by atoms with Gasteiger partial charge in [-0.1, -0.05) is 39.0 Å². The molecule has 0 fully saturated rings. The van der Waals surface area contributed by atoms with Gasteiger partial charge in [-0.2, -0.15) is 0 Å². The number of benzene rings is 1. The molecule has 0 saturated heterocycles. The van der Waals surface area contributed by atoms with E-state index in [9.17, 15) is 4.79 Å². The van der Waals surface area contributed by atoms with E-state index in [1.807, 2.05) is 66.7 Å². The van der Waals surface area contributed by atoms with Crippen molar-refractivity contribution in [3.63, 3.8) is 0 Å². The molecule has 4 heterocycles. The van der Waals surface area contributed by atoms with Crippen LogP contribution in [-0.4, -0.2) is 26.9 Å². The summed E-state index contributed by atoms with van der Waals surface area (Å²) in [5.74, 6) is -0.268. The third kappa shape index (κ3) is 5.31. The van der Waals surface area contributed by atoms with Crippen LogP contribution in [0, 0.1) is 12.7 Å². The van der Waals surface area contributed by atoms with Crippen molar-refractivity contribution in [1.82, 2.24) is 20.2 Å². The van der Waals surface area contributed by atoms with E-state index >= 15 is 4.39 Å². The molecule has 188 valence electrons. The third-order valence-corrected chi connectivity index (χ3v) is 6.50. The standard InChI is InChI=1S/C30H30FN5O/c1-19-6-5-7-25(34-19)21-11-13-36-26(18-33-28(36)15-21)22-9-8-20(24(31)14-22)16-29(37)35-27-17-23(10-12-32-27)30(2,3)4/h5-15,17-18,28,33H,16H2,1-4H3,(H,32,35,37). The van der Waals surface area contributed by atoms with Crippen molar-refractivity contribution < 1.29 is 9.18 Å². The molecule has 0 saturated carbocycles. The predicted molar refractivity (Wildman–Crippen MR) is 145 cm³/mol. The topological polar surface area (TPSA) is 70.2 Å². The van der Waals surface area contributed by atoms with Gasteiger partial charge in [0.15, 0.2) is 0 Å². The molecule has 0 aliphatic carbocycles. The van der Waals surface area contributed by atoms with Gasteiger partial charge in [0.25, 0.3) is 0 Å². The highest BCUT2D eigenvalue weighted by molar-refractivity contribution is 5.91. The van der Waals surface area contributed by atoms with Crippen molar-refractivity contribution in [3.05, 3.63) is 113 Å². The molecule has 1 unspecified atom stereocenters. The molecule has 1 atom stereocenters. The number of aromatic nitrogens is 2. The fourth-order valence-electron chi connectivity index (χ4n) is 4.44. The third-order valence-electron chi connectivity index (χ3n) is 6.50. The molecule has 5 rings (SSSR count). The van der Waals surface area contributed by atoms with Crippen LogP contribution >= 0.6 is 0 Å². The molecule has 37 heavy (non-hydrogen) atoms. The molecule has 1 aromatic carbocycles. The van der Waals surface area contributed by atoms with E-state index in [4.69, 9.17) is 0 Å². The summed E-state index contributed by atoms with van der Waals surface area (Å²) in [6.45, 7) is 8.26. The first kappa shape index (κ1) is 24.4. The smallest absolute Gasteiger partial charge is 0.230 e. The summed E-state index contributed by atoms with van der Waals surface area (Å²) < 4.78 is 15.1. The van der Waals surface area contributed by atoms with Crippen LogP contribution in [0.25, 0.3) is 11.3 Å². The second-order valence-corrected chi connectivity index (χ2v) is 10.4. The number of carbonyl (C=O) groups is 1. The van der Waals surface area contributed by atoms with Crippen LogP contribution in [0.5, 0.6) is 0 Å². The molecule has 7 heteroatoms. The SMILES string of the molecule is Cc1cccc(C2=CC3NC=C(c4ccc(CC(=O)Nc5cc(C(C)(C)C)ccn5)c(F)c4)N3C=C2)n1. The average Bonchev–Trinajstić information content (AvgIpc) is 3.28. The van der Waals surface area contributed by atoms with E-state index in [1.54, 1.807) is 12.3 Å². The Balaban J connectivity index is 1.26. The van der Waals surface area contributed by atoms with Gasteiger partial charge < -0.3 is 15.5 Å². The number of amides is 1. The Bertz CT molecular complexity index is 1450. The quantitative estimate of drug-likeness (QED) is 0.486. The van der Waals surface area contributed by atoms with Gasteiger partial charge in [-0.15, -0.1) is 0 Å². The maximum Gasteiger partial charge on any atom is 0.230 e. The number of hydrogen-bond acceptors (Lipinski definition) is 5. The maximum atomic E-state index is 15.1. The van der Waals surface area contributed by atoms with E-state index in [0.29, 0.717) is 11.4 Å². The zero-order valence-electron chi connectivity index (χ0n) is 21.4. The zero-order chi connectivity index (χ0) is 26.2. The van der Waals surface area contributed by atoms with Gasteiger partial charge >= 0.3 is 0 Å². The summed E-state index contributed by atoms with van der Waals surface area (Å²) in [6, 6.07) is 14.7. The minimum atomic E-state index is -0.422. The number of halogens is 1. The predicted octanol–water partition coefficient (Wildman–Crippen LogP) is 5.54. The molecule has 2 aliphatic rings. The molecular formula is C30H30FN5O. The largest absolute Gasteiger partial charge is 0.366 e. The second kappa shape index (κ2) is 9.65. The Morgan fingerprint density at radius 3 is 2.76 bits per heavy atom. The molecule has 3 aromatic rings. The highest BCUT2D eigenvalue weighted by atomic mass is 19.1. The maximum absolute atomic E-state index is 15.1. The number of rotatable bonds is 5. The fourth-order valence-corrected chi connectivity index (χ4v) is 4.44. The van der Waals surface area contributed by atoms with Gasteiger partial charge in [0, 0.05) is 35.4 Å². The minimum Gasteiger partial charge on any atom is -0.366 e. The summed E-state index contributed by atoms with van der Waals surface area (Å²) in [4.78, 5) is 23.5. The summed E-state index contributed by atoms with van der Waals surface area (Å²) in [6.07, 6.45) is 9.49. The van der Waals surface area contributed by atoms with E-state index in [-0.39, 0.29) is 23.9 Å². The Morgan fingerprint density at radius 2 is 2.00 bits per heavy atom. The molecular weight excluding hydrogens is 465 g/mol. The molecule has 6 nitrogen and oxygen atoms in total. The van der Waals surface area contributed by atoms with Crippen LogP contribution in [0.1, 0.15) is 48.8 Å². The van der Waals surface area contributed by atoms with Gasteiger partial charge in [-0.05, 0) is 65.9 Å². The Labute approximate surface area is 216 Å². The van der Waals surface area contributed by atoms with Crippen molar-refractivity contribution in [1.29, 1.82) is 0 Å². The number of anilines is 1. The Kier molecular flexibility index (Phi) is 6.38. The van der Waals surface area contributed by atoms with Gasteiger partial charge in [0.05, 0.1) is 17.8 Å². The van der Waals surface area contributed by atoms with E-state index in [1.165, 1.54) is 6.07 Å². The van der Waals surface area contributed by atoms with Crippen LogP contribution in [0.4, 0.5) is 10.2 Å². The average molecular weight is 496 g/mol. The first-order chi connectivity index (χ1) is 17.7. The number of fused-ring (bicyclic) bond motifs is 1. The lowest BCUT2D eigenvalue weighted by Gasteiger charge is -2.27. The molecule has 0 bridgehead atoms. The van der Waals surface area contributed by atoms with Crippen molar-refractivity contribution in [2.24, 2.45) is 0 Å². The normalized spacial score (nSPS) is 16.6. The number of aryl methyl sites for hydroxylation is 1. The van der Waals surface area contributed by atoms with Crippen LogP contribution in [0.15, 0.2) is 79.3 Å². The minimum absolute atomic E-state index is 0.0640. The molecule has 0 spiro atoms. The molecule has 2 N–H and O–H groups in total. The van der Waals surface area contributed by atoms with Crippen LogP contribution in [-0.2, 0) is 16.6 Å². The lowest BCUT2D eigenvalue weighted by atomic mass is 9.88. The van der Waals surface area contributed by atoms with E-state index < -0.39 is 5.82 Å². The van der Waals surface area contributed by atoms with Gasteiger partial charge in [-0.25, -0.2) is 9.37 Å². The number of hydrogen-bond donors (Lipinski definition) is 2. The first-order valence-corrected chi connectivity index (χ1v) is 12.3. The lowest BCUT2D eigenvalue weighted by Crippen LogP contribution is -2.33. The number of nitrogens with one attached hydrogen (secondary N) is 2. The van der Waals surface area contributed by atoms with Gasteiger partial charge in [-0.3, -0.25) is 9.78 Å². The molecule has 2 aliphatic heterocycles. The molecule has 0 radical (unpaired) electrons. The highest BCUT2D eigenvalue weighted by Gasteiger charge is 2.27. The molecule has 2 aromatic heterocycles. The number of nitrogens with zero attached hydrogens (tertiary/aromatic N) is 3. The summed E-state index contributed by atoms with van der Waals surface area (Å²) in [5, 5.41) is 6.14. The van der Waals surface area contributed by atoms with Crippen molar-refractivity contribution in [2.75, 3.05) is 5.32 Å². The summed E-state index contributed by atoms with van der Waals surface area (Å²) >= 11 is 0. The Hall–Kier alpha value is -4.26. The number of allylic oxidation sites excluding steroid dienone is 2. The van der Waals surface area contributed by atoms with Gasteiger partial charge in [0.2, 0.25) is 5.91 Å². The van der Waals surface area contributed by atoms with Crippen LogP contribution < -0.4 is 10.6 Å². The first-order valence-electron chi connectivity index (χ1n) is 12.3.